The lowest BCUT2D eigenvalue weighted by molar-refractivity contribution is 0.102. The van der Waals surface area contributed by atoms with Gasteiger partial charge in [-0.2, -0.15) is 4.31 Å². The average molecular weight is 495 g/mol. The van der Waals surface area contributed by atoms with Gasteiger partial charge in [0.05, 0.1) is 16.0 Å². The smallest absolute Gasteiger partial charge is 0.259 e. The molecule has 9 nitrogen and oxygen atoms in total. The molecule has 2 aromatic heterocycles. The quantitative estimate of drug-likeness (QED) is 0.495. The topological polar surface area (TPSA) is 108 Å². The minimum Gasteiger partial charge on any atom is -0.365 e. The van der Waals surface area contributed by atoms with Gasteiger partial charge in [-0.1, -0.05) is 6.07 Å². The number of benzene rings is 1. The second-order valence-electron chi connectivity index (χ2n) is 9.21. The summed E-state index contributed by atoms with van der Waals surface area (Å²) in [4.78, 5) is 23.6. The molecule has 0 atom stereocenters. The van der Waals surface area contributed by atoms with Crippen molar-refractivity contribution in [1.29, 1.82) is 0 Å². The van der Waals surface area contributed by atoms with Crippen LogP contribution in [0.1, 0.15) is 35.3 Å². The molecule has 0 fully saturated rings. The van der Waals surface area contributed by atoms with E-state index in [-0.39, 0.29) is 10.8 Å². The Morgan fingerprint density at radius 3 is 2.54 bits per heavy atom. The number of pyridine rings is 2. The first-order valence-corrected chi connectivity index (χ1v) is 12.8. The molecule has 10 heteroatoms. The molecule has 3 aromatic rings. The number of nitrogens with zero attached hydrogens (tertiary/aromatic N) is 4. The van der Waals surface area contributed by atoms with Gasteiger partial charge in [-0.3, -0.25) is 9.78 Å². The Morgan fingerprint density at radius 2 is 1.83 bits per heavy atom. The summed E-state index contributed by atoms with van der Waals surface area (Å²) in [5, 5.41) is 6.02. The zero-order valence-corrected chi connectivity index (χ0v) is 21.1. The van der Waals surface area contributed by atoms with Gasteiger partial charge in [-0.15, -0.1) is 0 Å². The minimum absolute atomic E-state index is 0.223. The number of anilines is 2. The van der Waals surface area contributed by atoms with Gasteiger partial charge in [0.2, 0.25) is 10.0 Å². The average Bonchev–Trinajstić information content (AvgIpc) is 2.97. The van der Waals surface area contributed by atoms with E-state index in [9.17, 15) is 13.2 Å². The molecule has 184 valence electrons. The number of hydrogen-bond donors (Lipinski definition) is 2. The molecule has 0 saturated carbocycles. The van der Waals surface area contributed by atoms with E-state index in [1.807, 2.05) is 45.0 Å². The molecule has 1 aliphatic heterocycles. The molecular weight excluding hydrogens is 464 g/mol. The summed E-state index contributed by atoms with van der Waals surface area (Å²) in [7, 11) is 0.129. The fraction of sp³-hybridized carbons (Fsp3) is 0.320. The van der Waals surface area contributed by atoms with E-state index in [2.05, 4.69) is 20.6 Å². The van der Waals surface area contributed by atoms with Gasteiger partial charge in [0.1, 0.15) is 5.82 Å². The number of carbonyl (C=O) groups excluding carboxylic acids is 1. The monoisotopic (exact) mass is 494 g/mol. The van der Waals surface area contributed by atoms with E-state index in [4.69, 9.17) is 0 Å². The van der Waals surface area contributed by atoms with Crippen LogP contribution in [-0.2, 0) is 22.1 Å². The normalized spacial score (nSPS) is 16.1. The van der Waals surface area contributed by atoms with Crippen LogP contribution in [0.2, 0.25) is 0 Å². The van der Waals surface area contributed by atoms with Crippen molar-refractivity contribution < 1.29 is 13.2 Å². The number of likely N-dealkylation sites (N-methyl/N-ethyl adjacent to an activating group) is 1. The highest BCUT2D eigenvalue weighted by Crippen LogP contribution is 2.44. The lowest BCUT2D eigenvalue weighted by Gasteiger charge is -2.31. The lowest BCUT2D eigenvalue weighted by Crippen LogP contribution is -2.42. The van der Waals surface area contributed by atoms with Crippen molar-refractivity contribution in [1.82, 2.24) is 19.2 Å². The zero-order valence-electron chi connectivity index (χ0n) is 20.3. The van der Waals surface area contributed by atoms with Crippen molar-refractivity contribution in [2.45, 2.75) is 30.8 Å². The summed E-state index contributed by atoms with van der Waals surface area (Å²) < 4.78 is 28.3. The zero-order chi connectivity index (χ0) is 25.2. The molecule has 0 bridgehead atoms. The van der Waals surface area contributed by atoms with Crippen molar-refractivity contribution in [2.24, 2.45) is 0 Å². The molecule has 0 aliphatic carbocycles. The number of nitrogens with one attached hydrogen (secondary N) is 2. The molecule has 0 unspecified atom stereocenters. The van der Waals surface area contributed by atoms with Gasteiger partial charge < -0.3 is 15.5 Å². The first-order valence-electron chi connectivity index (χ1n) is 11.3. The van der Waals surface area contributed by atoms with E-state index in [1.165, 1.54) is 4.31 Å². The molecule has 0 spiro atoms. The Bertz CT molecular complexity index is 1330. The summed E-state index contributed by atoms with van der Waals surface area (Å²) in [5.41, 5.74) is 1.81. The van der Waals surface area contributed by atoms with Crippen molar-refractivity contribution in [3.63, 3.8) is 0 Å². The first kappa shape index (κ1) is 24.8. The number of sulfonamides is 1. The van der Waals surface area contributed by atoms with Crippen molar-refractivity contribution in [3.05, 3.63) is 77.7 Å². The SMILES string of the molecule is CN(C)CCN1C(C)(C)c2ccc(NC(=O)c3cccnc3NCc3ccncc3)cc2S1(=O)=O. The Kier molecular flexibility index (Phi) is 6.88. The van der Waals surface area contributed by atoms with E-state index in [1.54, 1.807) is 48.9 Å². The number of aromatic nitrogens is 2. The van der Waals surface area contributed by atoms with Crippen LogP contribution in [0.25, 0.3) is 0 Å². The van der Waals surface area contributed by atoms with Crippen LogP contribution < -0.4 is 10.6 Å². The summed E-state index contributed by atoms with van der Waals surface area (Å²) >= 11 is 0. The Labute approximate surface area is 206 Å². The molecule has 1 aromatic carbocycles. The summed E-state index contributed by atoms with van der Waals surface area (Å²) in [6.07, 6.45) is 5.01. The fourth-order valence-corrected chi connectivity index (χ4v) is 6.31. The van der Waals surface area contributed by atoms with Gasteiger partial charge >= 0.3 is 0 Å². The largest absolute Gasteiger partial charge is 0.365 e. The molecular formula is C25H30N6O3S. The maximum Gasteiger partial charge on any atom is 0.259 e. The lowest BCUT2D eigenvalue weighted by atomic mass is 9.94. The Morgan fingerprint density at radius 1 is 1.09 bits per heavy atom. The highest BCUT2D eigenvalue weighted by Gasteiger charge is 2.48. The highest BCUT2D eigenvalue weighted by molar-refractivity contribution is 7.89. The van der Waals surface area contributed by atoms with Gasteiger partial charge in [0.15, 0.2) is 0 Å². The van der Waals surface area contributed by atoms with Gasteiger partial charge in [0, 0.05) is 43.9 Å². The number of rotatable bonds is 8. The Hall–Kier alpha value is -3.34. The molecule has 4 rings (SSSR count). The molecule has 35 heavy (non-hydrogen) atoms. The summed E-state index contributed by atoms with van der Waals surface area (Å²) in [6.45, 7) is 5.27. The van der Waals surface area contributed by atoms with Crippen LogP contribution in [-0.4, -0.2) is 60.7 Å². The highest BCUT2D eigenvalue weighted by atomic mass is 32.2. The predicted molar refractivity (Wildman–Crippen MR) is 136 cm³/mol. The van der Waals surface area contributed by atoms with Gasteiger partial charge in [0.25, 0.3) is 5.91 Å². The molecule has 0 saturated heterocycles. The predicted octanol–water partition coefficient (Wildman–Crippen LogP) is 3.14. The molecule has 1 amide bonds. The van der Waals surface area contributed by atoms with E-state index < -0.39 is 15.6 Å². The van der Waals surface area contributed by atoms with Crippen LogP contribution in [0.5, 0.6) is 0 Å². The molecule has 1 aliphatic rings. The van der Waals surface area contributed by atoms with Crippen LogP contribution in [0.4, 0.5) is 11.5 Å². The minimum atomic E-state index is -3.69. The second kappa shape index (κ2) is 9.73. The molecule has 3 heterocycles. The molecule has 0 radical (unpaired) electrons. The number of hydrogen-bond acceptors (Lipinski definition) is 7. The third-order valence-corrected chi connectivity index (χ3v) is 8.21. The standard InChI is InChI=1S/C25H30N6O3S/c1-25(2)21-8-7-19(16-22(21)35(33,34)31(25)15-14-30(3)4)29-24(32)20-6-5-11-27-23(20)28-17-18-9-12-26-13-10-18/h5-13,16H,14-15,17H2,1-4H3,(H,27,28)(H,29,32). The van der Waals surface area contributed by atoms with Crippen molar-refractivity contribution >= 4 is 27.4 Å². The van der Waals surface area contributed by atoms with Crippen molar-refractivity contribution in [3.8, 4) is 0 Å². The summed E-state index contributed by atoms with van der Waals surface area (Å²) in [5.74, 6) is 0.0565. The number of fused-ring (bicyclic) bond motifs is 1. The third kappa shape index (κ3) is 5.04. The van der Waals surface area contributed by atoms with Crippen LogP contribution in [0, 0.1) is 0 Å². The first-order chi connectivity index (χ1) is 16.6. The van der Waals surface area contributed by atoms with E-state index in [0.717, 1.165) is 11.1 Å². The Balaban J connectivity index is 1.56. The van der Waals surface area contributed by atoms with Crippen LogP contribution in [0.3, 0.4) is 0 Å². The van der Waals surface area contributed by atoms with Crippen LogP contribution in [0.15, 0.2) is 66.0 Å². The summed E-state index contributed by atoms with van der Waals surface area (Å²) in [6, 6.07) is 12.2. The van der Waals surface area contributed by atoms with Crippen LogP contribution >= 0.6 is 0 Å². The van der Waals surface area contributed by atoms with E-state index >= 15 is 0 Å². The van der Waals surface area contributed by atoms with Gasteiger partial charge in [-0.25, -0.2) is 13.4 Å². The number of carbonyl (C=O) groups is 1. The van der Waals surface area contributed by atoms with E-state index in [0.29, 0.717) is 36.7 Å². The maximum absolute atomic E-state index is 13.4. The second-order valence-corrected chi connectivity index (χ2v) is 11.0. The van der Waals surface area contributed by atoms with Gasteiger partial charge in [-0.05, 0) is 75.5 Å². The number of amides is 1. The fourth-order valence-electron chi connectivity index (χ4n) is 4.18. The van der Waals surface area contributed by atoms with Crippen molar-refractivity contribution in [2.75, 3.05) is 37.8 Å². The maximum atomic E-state index is 13.4. The molecule has 2 N–H and O–H groups in total. The third-order valence-electron chi connectivity index (χ3n) is 6.10.